The van der Waals surface area contributed by atoms with Gasteiger partial charge in [0.25, 0.3) is 0 Å². The van der Waals surface area contributed by atoms with Crippen molar-refractivity contribution in [1.29, 1.82) is 0 Å². The first-order valence-corrected chi connectivity index (χ1v) is 23.9. The van der Waals surface area contributed by atoms with Crippen molar-refractivity contribution in [2.24, 2.45) is 0 Å². The zero-order valence-corrected chi connectivity index (χ0v) is 38.3. The molecule has 0 unspecified atom stereocenters. The molecule has 0 radical (unpaired) electrons. The van der Waals surface area contributed by atoms with E-state index in [1.54, 1.807) is 0 Å². The molecule has 9 heteroatoms. The van der Waals surface area contributed by atoms with Gasteiger partial charge >= 0.3 is 13.7 Å². The van der Waals surface area contributed by atoms with Gasteiger partial charge in [-0.05, 0) is 102 Å². The van der Waals surface area contributed by atoms with Gasteiger partial charge in [-0.2, -0.15) is 4.57 Å². The second kappa shape index (κ2) is 14.2. The van der Waals surface area contributed by atoms with Gasteiger partial charge in [-0.3, -0.25) is 9.97 Å². The Balaban J connectivity index is 1.02. The highest BCUT2D eigenvalue weighted by atomic mass is 15.2. The number of pyridine rings is 3. The van der Waals surface area contributed by atoms with Crippen LogP contribution in [0.3, 0.4) is 0 Å². The van der Waals surface area contributed by atoms with Gasteiger partial charge in [0.05, 0.1) is 35.1 Å². The van der Waals surface area contributed by atoms with Crippen LogP contribution in [0.5, 0.6) is 0 Å². The number of hydrogen-bond donors (Lipinski definition) is 0. The van der Waals surface area contributed by atoms with E-state index in [2.05, 4.69) is 239 Å². The molecular weight excluding hydrogens is 840 g/mol. The van der Waals surface area contributed by atoms with Crippen molar-refractivity contribution in [1.82, 2.24) is 14.4 Å². The minimum atomic E-state index is -0.107. The van der Waals surface area contributed by atoms with Crippen LogP contribution in [0.1, 0.15) is 16.7 Å². The lowest BCUT2D eigenvalue weighted by molar-refractivity contribution is -0.594. The number of nitrogens with zero attached hydrogens (tertiary/aromatic N) is 7. The minimum Gasteiger partial charge on any atom is -0.376 e. The van der Waals surface area contributed by atoms with Crippen molar-refractivity contribution < 1.29 is 4.57 Å². The van der Waals surface area contributed by atoms with E-state index in [0.29, 0.717) is 0 Å². The third kappa shape index (κ3) is 5.22. The Kier molecular flexibility index (Phi) is 7.89. The molecule has 7 nitrogen and oxygen atoms in total. The maximum Gasteiger partial charge on any atom is 0.333 e. The summed E-state index contributed by atoms with van der Waals surface area (Å²) >= 11 is 0. The van der Waals surface area contributed by atoms with E-state index in [4.69, 9.17) is 9.97 Å². The Hall–Kier alpha value is -8.68. The molecule has 8 heterocycles. The number of para-hydroxylation sites is 5. The van der Waals surface area contributed by atoms with E-state index in [1.165, 1.54) is 94.0 Å². The van der Waals surface area contributed by atoms with E-state index >= 15 is 0 Å². The first-order chi connectivity index (χ1) is 34.0. The SMILES string of the molecule is Cc1cc(C)c(N2c3cnccc3B3c4c(cc(-[n+]5ccc6c(c5)N(c5ccccc5)c5cncc7c5B6n5c6ccccc6c6cccc-7c65)cc42)-c2ccccc2N3c2ccccc2)c(C)c1. The fourth-order valence-corrected chi connectivity index (χ4v) is 12.7. The summed E-state index contributed by atoms with van der Waals surface area (Å²) < 4.78 is 4.95. The third-order valence-electron chi connectivity index (χ3n) is 15.2. The fourth-order valence-electron chi connectivity index (χ4n) is 12.7. The van der Waals surface area contributed by atoms with Gasteiger partial charge < -0.3 is 19.1 Å². The first kappa shape index (κ1) is 38.4. The van der Waals surface area contributed by atoms with Crippen LogP contribution < -0.4 is 41.0 Å². The number of rotatable bonds is 4. The molecule has 4 aliphatic rings. The molecule has 0 saturated carbocycles. The van der Waals surface area contributed by atoms with Crippen molar-refractivity contribution in [2.75, 3.05) is 14.6 Å². The zero-order valence-electron chi connectivity index (χ0n) is 38.3. The van der Waals surface area contributed by atoms with E-state index in [-0.39, 0.29) is 13.7 Å². The standard InChI is InChI=1S/C60H42B2N7/c1-37-29-38(2)59(39(3)30-37)67-53-32-42(31-47-44-20-11-12-23-51(44)68(41-17-8-5-9-18-41)61(57(47)53)49-25-27-63-34-54(49)67)65-28-26-50-56(36-65)66(40-15-6-4-7-16-40)55-35-64-33-48-46-22-14-21-45-43-19-10-13-24-52(43)69(60(45)46)62(50)58(48)55/h4-36H,1-3H3/q+1. The summed E-state index contributed by atoms with van der Waals surface area (Å²) in [5, 5.41) is 2.53. The molecular formula is C60H42B2N7+. The van der Waals surface area contributed by atoms with Crippen LogP contribution in [0.2, 0.25) is 0 Å². The summed E-state index contributed by atoms with van der Waals surface area (Å²) in [5.74, 6) is 0. The zero-order chi connectivity index (χ0) is 45.6. The predicted octanol–water partition coefficient (Wildman–Crippen LogP) is 10.9. The van der Waals surface area contributed by atoms with Gasteiger partial charge in [0.1, 0.15) is 5.69 Å². The van der Waals surface area contributed by atoms with Gasteiger partial charge in [0, 0.05) is 86.2 Å². The van der Waals surface area contributed by atoms with Gasteiger partial charge in [-0.15, -0.1) is 0 Å². The number of hydrogen-bond acceptors (Lipinski definition) is 5. The molecule has 322 valence electrons. The molecule has 0 saturated heterocycles. The first-order valence-electron chi connectivity index (χ1n) is 23.9. The highest BCUT2D eigenvalue weighted by Crippen LogP contribution is 2.49. The van der Waals surface area contributed by atoms with Crippen molar-refractivity contribution in [3.8, 4) is 27.9 Å². The molecule has 0 N–H and O–H groups in total. The molecule has 0 spiro atoms. The highest BCUT2D eigenvalue weighted by molar-refractivity contribution is 6.93. The Bertz CT molecular complexity index is 3980. The topological polar surface area (TPSA) is 44.3 Å². The quantitative estimate of drug-likeness (QED) is 0.130. The normalized spacial score (nSPS) is 13.6. The molecule has 11 aromatic rings. The average molecular weight is 883 g/mol. The van der Waals surface area contributed by atoms with E-state index in [9.17, 15) is 0 Å². The number of fused-ring (bicyclic) bond motifs is 11. The van der Waals surface area contributed by atoms with Gasteiger partial charge in [-0.25, -0.2) is 0 Å². The molecule has 0 atom stereocenters. The van der Waals surface area contributed by atoms with Gasteiger partial charge in [0.2, 0.25) is 5.69 Å². The maximum atomic E-state index is 5.02. The summed E-state index contributed by atoms with van der Waals surface area (Å²) in [6.07, 6.45) is 12.8. The minimum absolute atomic E-state index is 0.0758. The summed E-state index contributed by atoms with van der Waals surface area (Å²) in [4.78, 5) is 17.3. The van der Waals surface area contributed by atoms with Crippen LogP contribution in [0.4, 0.5) is 45.5 Å². The molecule has 0 aliphatic carbocycles. The Morgan fingerprint density at radius 3 is 2.01 bits per heavy atom. The summed E-state index contributed by atoms with van der Waals surface area (Å²) in [6, 6.07) is 60.3. The van der Waals surface area contributed by atoms with Crippen LogP contribution in [0.25, 0.3) is 49.7 Å². The van der Waals surface area contributed by atoms with Crippen molar-refractivity contribution in [3.63, 3.8) is 0 Å². The van der Waals surface area contributed by atoms with Crippen LogP contribution in [-0.2, 0) is 0 Å². The number of anilines is 8. The molecule has 69 heavy (non-hydrogen) atoms. The highest BCUT2D eigenvalue weighted by Gasteiger charge is 2.47. The van der Waals surface area contributed by atoms with E-state index in [0.717, 1.165) is 39.8 Å². The average Bonchev–Trinajstić information content (AvgIpc) is 3.73. The second-order valence-electron chi connectivity index (χ2n) is 19.0. The fraction of sp³-hybridized carbons (Fsp3) is 0.0500. The molecule has 0 amide bonds. The molecule has 0 bridgehead atoms. The molecule has 4 aliphatic heterocycles. The maximum absolute atomic E-state index is 5.02. The second-order valence-corrected chi connectivity index (χ2v) is 19.0. The lowest BCUT2D eigenvalue weighted by Gasteiger charge is -2.45. The summed E-state index contributed by atoms with van der Waals surface area (Å²) in [6.45, 7) is 6.51. The Morgan fingerprint density at radius 1 is 0.478 bits per heavy atom. The Morgan fingerprint density at radius 2 is 1.17 bits per heavy atom. The lowest BCUT2D eigenvalue weighted by atomic mass is 9.43. The van der Waals surface area contributed by atoms with Crippen LogP contribution >= 0.6 is 0 Å². The van der Waals surface area contributed by atoms with Crippen molar-refractivity contribution >= 4 is 103 Å². The van der Waals surface area contributed by atoms with E-state index < -0.39 is 0 Å². The summed E-state index contributed by atoms with van der Waals surface area (Å²) in [5.41, 5.74) is 26.1. The Labute approximate surface area is 401 Å². The predicted molar refractivity (Wildman–Crippen MR) is 285 cm³/mol. The monoisotopic (exact) mass is 882 g/mol. The number of aromatic nitrogens is 4. The lowest BCUT2D eigenvalue weighted by Crippen LogP contribution is -2.62. The van der Waals surface area contributed by atoms with Crippen LogP contribution in [-0.4, -0.2) is 28.1 Å². The van der Waals surface area contributed by atoms with E-state index in [1.807, 2.05) is 6.20 Å². The largest absolute Gasteiger partial charge is 0.376 e. The van der Waals surface area contributed by atoms with Gasteiger partial charge in [0.15, 0.2) is 12.4 Å². The van der Waals surface area contributed by atoms with Crippen molar-refractivity contribution in [3.05, 3.63) is 218 Å². The number of aryl methyl sites for hydroxylation is 3. The smallest absolute Gasteiger partial charge is 0.333 e. The molecule has 0 fully saturated rings. The summed E-state index contributed by atoms with van der Waals surface area (Å²) in [7, 11) is 0. The van der Waals surface area contributed by atoms with Crippen LogP contribution in [0, 0.1) is 20.8 Å². The number of benzene rings is 7. The molecule has 4 aromatic heterocycles. The van der Waals surface area contributed by atoms with Crippen LogP contribution in [0.15, 0.2) is 201 Å². The van der Waals surface area contributed by atoms with Crippen molar-refractivity contribution in [2.45, 2.75) is 20.8 Å². The third-order valence-corrected chi connectivity index (χ3v) is 15.2. The van der Waals surface area contributed by atoms with Gasteiger partial charge in [-0.1, -0.05) is 109 Å². The molecule has 15 rings (SSSR count). The molecule has 7 aromatic carbocycles.